The molecular formula is C23H22N4O2. The number of nitrogens with one attached hydrogen (secondary N) is 3. The first-order valence-electron chi connectivity index (χ1n) is 9.52. The van der Waals surface area contributed by atoms with E-state index in [1.165, 1.54) is 0 Å². The Morgan fingerprint density at radius 2 is 1.83 bits per heavy atom. The summed E-state index contributed by atoms with van der Waals surface area (Å²) in [5, 5.41) is 7.19. The number of fused-ring (bicyclic) bond motifs is 1. The van der Waals surface area contributed by atoms with Crippen LogP contribution in [0.4, 0.5) is 17.2 Å². The quantitative estimate of drug-likeness (QED) is 0.423. The molecule has 2 aromatic carbocycles. The zero-order valence-corrected chi connectivity index (χ0v) is 16.1. The predicted octanol–water partition coefficient (Wildman–Crippen LogP) is 4.89. The maximum absolute atomic E-state index is 12.4. The third kappa shape index (κ3) is 4.55. The van der Waals surface area contributed by atoms with Crippen molar-refractivity contribution in [2.75, 3.05) is 17.2 Å². The number of nitrogens with zero attached hydrogens (tertiary/aromatic N) is 1. The average Bonchev–Trinajstić information content (AvgIpc) is 3.14. The van der Waals surface area contributed by atoms with Gasteiger partial charge in [0, 0.05) is 22.8 Å². The van der Waals surface area contributed by atoms with Crippen LogP contribution < -0.4 is 15.4 Å². The highest BCUT2D eigenvalue weighted by atomic mass is 16.5. The molecule has 29 heavy (non-hydrogen) atoms. The molecule has 146 valence electrons. The van der Waals surface area contributed by atoms with Gasteiger partial charge < -0.3 is 20.4 Å². The second-order valence-electron chi connectivity index (χ2n) is 6.60. The normalized spacial score (nSPS) is 10.7. The number of carbonyl (C=O) groups is 1. The Morgan fingerprint density at radius 3 is 2.59 bits per heavy atom. The van der Waals surface area contributed by atoms with E-state index in [-0.39, 0.29) is 5.91 Å². The van der Waals surface area contributed by atoms with Crippen LogP contribution in [0.5, 0.6) is 5.75 Å². The highest BCUT2D eigenvalue weighted by Crippen LogP contribution is 2.21. The lowest BCUT2D eigenvalue weighted by Gasteiger charge is -2.09. The Kier molecular flexibility index (Phi) is 5.42. The fraction of sp³-hybridized carbons (Fsp3) is 0.130. The van der Waals surface area contributed by atoms with Crippen molar-refractivity contribution < 1.29 is 9.53 Å². The van der Waals surface area contributed by atoms with Gasteiger partial charge in [-0.15, -0.1) is 0 Å². The number of carbonyl (C=O) groups excluding carboxylic acids is 1. The van der Waals surface area contributed by atoms with Gasteiger partial charge in [0.15, 0.2) is 0 Å². The van der Waals surface area contributed by atoms with E-state index in [1.54, 1.807) is 6.20 Å². The summed E-state index contributed by atoms with van der Waals surface area (Å²) >= 11 is 0. The van der Waals surface area contributed by atoms with E-state index in [0.717, 1.165) is 27.9 Å². The van der Waals surface area contributed by atoms with Crippen molar-refractivity contribution in [3.05, 3.63) is 78.6 Å². The highest BCUT2D eigenvalue weighted by molar-refractivity contribution is 5.95. The number of aromatic amines is 1. The largest absolute Gasteiger partial charge is 0.494 e. The minimum atomic E-state index is -0.0798. The molecule has 4 aromatic rings. The smallest absolute Gasteiger partial charge is 0.228 e. The zero-order valence-electron chi connectivity index (χ0n) is 16.1. The average molecular weight is 386 g/mol. The zero-order chi connectivity index (χ0) is 20.1. The van der Waals surface area contributed by atoms with E-state index in [9.17, 15) is 4.79 Å². The van der Waals surface area contributed by atoms with Crippen molar-refractivity contribution in [3.8, 4) is 5.75 Å². The van der Waals surface area contributed by atoms with E-state index in [4.69, 9.17) is 4.74 Å². The van der Waals surface area contributed by atoms with E-state index < -0.39 is 0 Å². The van der Waals surface area contributed by atoms with Gasteiger partial charge in [0.2, 0.25) is 5.91 Å². The van der Waals surface area contributed by atoms with Gasteiger partial charge >= 0.3 is 0 Å². The second kappa shape index (κ2) is 8.48. The third-order valence-electron chi connectivity index (χ3n) is 4.51. The summed E-state index contributed by atoms with van der Waals surface area (Å²) in [7, 11) is 0. The van der Waals surface area contributed by atoms with Crippen LogP contribution in [0.1, 0.15) is 12.5 Å². The molecule has 0 spiro atoms. The lowest BCUT2D eigenvalue weighted by Crippen LogP contribution is -2.14. The monoisotopic (exact) mass is 386 g/mol. The fourth-order valence-electron chi connectivity index (χ4n) is 3.15. The van der Waals surface area contributed by atoms with Crippen LogP contribution in [0.25, 0.3) is 10.9 Å². The molecule has 3 N–H and O–H groups in total. The number of aromatic nitrogens is 2. The summed E-state index contributed by atoms with van der Waals surface area (Å²) in [6.45, 7) is 2.60. The minimum absolute atomic E-state index is 0.0798. The molecule has 0 saturated heterocycles. The van der Waals surface area contributed by atoms with Crippen LogP contribution in [0.15, 0.2) is 73.1 Å². The van der Waals surface area contributed by atoms with Crippen LogP contribution in [0, 0.1) is 0 Å². The topological polar surface area (TPSA) is 79.0 Å². The Morgan fingerprint density at radius 1 is 1.03 bits per heavy atom. The van der Waals surface area contributed by atoms with E-state index >= 15 is 0 Å². The SMILES string of the molecule is CCOc1ccc(Nc2ccc(NC(=O)Cc3c[nH]c4ccccc34)cn2)cc1. The molecule has 2 aromatic heterocycles. The first-order valence-corrected chi connectivity index (χ1v) is 9.52. The van der Waals surface area contributed by atoms with E-state index in [1.807, 2.05) is 73.8 Å². The van der Waals surface area contributed by atoms with Crippen LogP contribution in [-0.2, 0) is 11.2 Å². The number of ether oxygens (including phenoxy) is 1. The molecule has 0 aliphatic heterocycles. The summed E-state index contributed by atoms with van der Waals surface area (Å²) in [6, 6.07) is 19.3. The molecule has 0 unspecified atom stereocenters. The Balaban J connectivity index is 1.35. The van der Waals surface area contributed by atoms with Crippen molar-refractivity contribution in [1.29, 1.82) is 0 Å². The van der Waals surface area contributed by atoms with E-state index in [0.29, 0.717) is 24.5 Å². The molecule has 0 saturated carbocycles. The number of H-pyrrole nitrogens is 1. The molecule has 1 amide bonds. The van der Waals surface area contributed by atoms with Crippen LogP contribution >= 0.6 is 0 Å². The number of rotatable bonds is 7. The lowest BCUT2D eigenvalue weighted by molar-refractivity contribution is -0.115. The number of para-hydroxylation sites is 1. The fourth-order valence-corrected chi connectivity index (χ4v) is 3.15. The number of pyridine rings is 1. The van der Waals surface area contributed by atoms with Gasteiger partial charge in [-0.1, -0.05) is 18.2 Å². The molecule has 0 aliphatic rings. The molecule has 0 aliphatic carbocycles. The van der Waals surface area contributed by atoms with Crippen LogP contribution in [0.3, 0.4) is 0 Å². The summed E-state index contributed by atoms with van der Waals surface area (Å²) < 4.78 is 5.44. The van der Waals surface area contributed by atoms with Crippen molar-refractivity contribution in [1.82, 2.24) is 9.97 Å². The van der Waals surface area contributed by atoms with Crippen molar-refractivity contribution in [3.63, 3.8) is 0 Å². The molecule has 6 heteroatoms. The summed E-state index contributed by atoms with van der Waals surface area (Å²) in [6.07, 6.45) is 3.83. The molecular weight excluding hydrogens is 364 g/mol. The van der Waals surface area contributed by atoms with Gasteiger partial charge in [-0.2, -0.15) is 0 Å². The summed E-state index contributed by atoms with van der Waals surface area (Å²) in [5.41, 5.74) is 3.57. The van der Waals surface area contributed by atoms with Gasteiger partial charge in [0.05, 0.1) is 24.9 Å². The van der Waals surface area contributed by atoms with E-state index in [2.05, 4.69) is 20.6 Å². The number of benzene rings is 2. The maximum atomic E-state index is 12.4. The van der Waals surface area contributed by atoms with Crippen molar-refractivity contribution >= 4 is 34.0 Å². The third-order valence-corrected chi connectivity index (χ3v) is 4.51. The molecule has 4 rings (SSSR count). The lowest BCUT2D eigenvalue weighted by atomic mass is 10.1. The Labute approximate surface area is 168 Å². The van der Waals surface area contributed by atoms with Gasteiger partial charge in [-0.05, 0) is 55.0 Å². The Bertz CT molecular complexity index is 1100. The van der Waals surface area contributed by atoms with Gasteiger partial charge in [0.25, 0.3) is 0 Å². The predicted molar refractivity (Wildman–Crippen MR) is 116 cm³/mol. The molecule has 6 nitrogen and oxygen atoms in total. The first-order chi connectivity index (χ1) is 14.2. The number of hydrogen-bond donors (Lipinski definition) is 3. The minimum Gasteiger partial charge on any atom is -0.494 e. The van der Waals surface area contributed by atoms with Crippen LogP contribution in [-0.4, -0.2) is 22.5 Å². The van der Waals surface area contributed by atoms with Gasteiger partial charge in [-0.25, -0.2) is 4.98 Å². The highest BCUT2D eigenvalue weighted by Gasteiger charge is 2.09. The Hall–Kier alpha value is -3.80. The molecule has 0 atom stereocenters. The second-order valence-corrected chi connectivity index (χ2v) is 6.60. The van der Waals surface area contributed by atoms with Crippen molar-refractivity contribution in [2.45, 2.75) is 13.3 Å². The summed E-state index contributed by atoms with van der Waals surface area (Å²) in [5.74, 6) is 1.45. The molecule has 0 radical (unpaired) electrons. The van der Waals surface area contributed by atoms with Gasteiger partial charge in [0.1, 0.15) is 11.6 Å². The number of amides is 1. The molecule has 2 heterocycles. The summed E-state index contributed by atoms with van der Waals surface area (Å²) in [4.78, 5) is 20.0. The number of anilines is 3. The first kappa shape index (κ1) is 18.6. The molecule has 0 fully saturated rings. The maximum Gasteiger partial charge on any atom is 0.228 e. The van der Waals surface area contributed by atoms with Crippen molar-refractivity contribution in [2.24, 2.45) is 0 Å². The molecule has 0 bridgehead atoms. The standard InChI is InChI=1S/C23H22N4O2/c1-2-29-19-10-7-17(8-11-19)26-22-12-9-18(15-25-22)27-23(28)13-16-14-24-21-6-4-3-5-20(16)21/h3-12,14-15,24H,2,13H2,1H3,(H,25,26)(H,27,28). The van der Waals surface area contributed by atoms with Crippen LogP contribution in [0.2, 0.25) is 0 Å². The van der Waals surface area contributed by atoms with Gasteiger partial charge in [-0.3, -0.25) is 4.79 Å². The number of hydrogen-bond acceptors (Lipinski definition) is 4.